The maximum atomic E-state index is 12.4. The minimum atomic E-state index is -0.364. The minimum absolute atomic E-state index is 0.0292. The third-order valence-electron chi connectivity index (χ3n) is 6.16. The van der Waals surface area contributed by atoms with Crippen molar-refractivity contribution in [3.63, 3.8) is 0 Å². The molecule has 0 spiro atoms. The summed E-state index contributed by atoms with van der Waals surface area (Å²) in [6.45, 7) is 4.22. The van der Waals surface area contributed by atoms with Crippen molar-refractivity contribution in [3.05, 3.63) is 0 Å². The summed E-state index contributed by atoms with van der Waals surface area (Å²) in [5, 5.41) is 5.81. The lowest BCUT2D eigenvalue weighted by atomic mass is 9.88. The van der Waals surface area contributed by atoms with E-state index in [1.54, 1.807) is 0 Å². The molecule has 1 saturated carbocycles. The highest BCUT2D eigenvalue weighted by atomic mass is 16.2. The van der Waals surface area contributed by atoms with Crippen molar-refractivity contribution in [1.29, 1.82) is 0 Å². The van der Waals surface area contributed by atoms with E-state index in [2.05, 4.69) is 15.5 Å². The van der Waals surface area contributed by atoms with Crippen LogP contribution in [0.2, 0.25) is 0 Å². The molecular weight excluding hydrogens is 344 g/mol. The van der Waals surface area contributed by atoms with Gasteiger partial charge in [-0.2, -0.15) is 0 Å². The van der Waals surface area contributed by atoms with E-state index < -0.39 is 0 Å². The van der Waals surface area contributed by atoms with Crippen LogP contribution in [0.5, 0.6) is 0 Å². The Balaban J connectivity index is 1.44. The van der Waals surface area contributed by atoms with Crippen LogP contribution in [0.25, 0.3) is 0 Å². The summed E-state index contributed by atoms with van der Waals surface area (Å²) in [5.41, 5.74) is 0. The second-order valence-corrected chi connectivity index (χ2v) is 8.20. The van der Waals surface area contributed by atoms with Crippen LogP contribution in [0.15, 0.2) is 0 Å². The molecule has 0 aromatic rings. The lowest BCUT2D eigenvalue weighted by Crippen LogP contribution is -2.57. The first-order chi connectivity index (χ1) is 13.1. The third kappa shape index (κ3) is 5.92. The molecule has 152 valence electrons. The van der Waals surface area contributed by atoms with Gasteiger partial charge in [0.05, 0.1) is 12.5 Å². The number of hydrogen-bond donors (Lipinski definition) is 2. The largest absolute Gasteiger partial charge is 0.354 e. The molecule has 2 N–H and O–H groups in total. The van der Waals surface area contributed by atoms with Crippen molar-refractivity contribution in [2.75, 3.05) is 39.3 Å². The fraction of sp³-hybridized carbons (Fsp3) is 0.850. The Labute approximate surface area is 162 Å². The second kappa shape index (κ2) is 10.1. The van der Waals surface area contributed by atoms with Gasteiger partial charge in [-0.1, -0.05) is 19.3 Å². The first kappa shape index (κ1) is 20.1. The smallest absolute Gasteiger partial charge is 0.237 e. The van der Waals surface area contributed by atoms with Gasteiger partial charge in [-0.25, -0.2) is 0 Å². The predicted octanol–water partition coefficient (Wildman–Crippen LogP) is 0.886. The zero-order valence-corrected chi connectivity index (χ0v) is 16.4. The average Bonchev–Trinajstić information content (AvgIpc) is 2.67. The van der Waals surface area contributed by atoms with E-state index in [1.807, 2.05) is 4.90 Å². The van der Waals surface area contributed by atoms with Crippen molar-refractivity contribution < 1.29 is 14.4 Å². The van der Waals surface area contributed by atoms with E-state index in [-0.39, 0.29) is 30.2 Å². The highest BCUT2D eigenvalue weighted by Crippen LogP contribution is 2.25. The van der Waals surface area contributed by atoms with E-state index in [9.17, 15) is 14.4 Å². The Morgan fingerprint density at radius 2 is 1.89 bits per heavy atom. The molecule has 7 heteroatoms. The van der Waals surface area contributed by atoms with Crippen LogP contribution >= 0.6 is 0 Å². The standard InChI is InChI=1S/C20H34N4O3/c25-18(21-9-12-23-11-5-4-8-19(23)26)14-17-20(27)22-10-13-24(17)15-16-6-2-1-3-7-16/h16-17H,1-15H2,(H,21,25)(H,22,27). The molecule has 3 rings (SSSR count). The summed E-state index contributed by atoms with van der Waals surface area (Å²) in [5.74, 6) is 0.703. The van der Waals surface area contributed by atoms with Gasteiger partial charge in [0.2, 0.25) is 17.7 Å². The monoisotopic (exact) mass is 378 g/mol. The van der Waals surface area contributed by atoms with Crippen LogP contribution in [0, 0.1) is 5.92 Å². The number of nitrogens with zero attached hydrogens (tertiary/aromatic N) is 2. The molecule has 3 fully saturated rings. The fourth-order valence-electron chi connectivity index (χ4n) is 4.58. The number of likely N-dealkylation sites (tertiary alicyclic amines) is 1. The molecule has 0 bridgehead atoms. The minimum Gasteiger partial charge on any atom is -0.354 e. The number of rotatable bonds is 7. The number of carbonyl (C=O) groups excluding carboxylic acids is 3. The van der Waals surface area contributed by atoms with Gasteiger partial charge in [0, 0.05) is 45.7 Å². The number of hydrogen-bond acceptors (Lipinski definition) is 4. The number of piperidine rings is 1. The maximum absolute atomic E-state index is 12.4. The molecule has 2 aliphatic heterocycles. The predicted molar refractivity (Wildman–Crippen MR) is 103 cm³/mol. The highest BCUT2D eigenvalue weighted by Gasteiger charge is 2.33. The summed E-state index contributed by atoms with van der Waals surface area (Å²) in [6, 6.07) is -0.364. The Bertz CT molecular complexity index is 533. The van der Waals surface area contributed by atoms with E-state index in [0.29, 0.717) is 32.0 Å². The van der Waals surface area contributed by atoms with E-state index in [4.69, 9.17) is 0 Å². The second-order valence-electron chi connectivity index (χ2n) is 8.20. The van der Waals surface area contributed by atoms with Crippen molar-refractivity contribution in [3.8, 4) is 0 Å². The Kier molecular flexibility index (Phi) is 7.50. The fourth-order valence-corrected chi connectivity index (χ4v) is 4.58. The normalized spacial score (nSPS) is 25.3. The van der Waals surface area contributed by atoms with Crippen LogP contribution in [0.4, 0.5) is 0 Å². The zero-order valence-electron chi connectivity index (χ0n) is 16.4. The molecule has 1 unspecified atom stereocenters. The molecule has 3 amide bonds. The first-order valence-corrected chi connectivity index (χ1v) is 10.7. The molecule has 1 atom stereocenters. The molecular formula is C20H34N4O3. The van der Waals surface area contributed by atoms with Gasteiger partial charge in [-0.05, 0) is 31.6 Å². The first-order valence-electron chi connectivity index (χ1n) is 10.7. The summed E-state index contributed by atoms with van der Waals surface area (Å²) in [4.78, 5) is 40.6. The van der Waals surface area contributed by atoms with Gasteiger partial charge in [0.15, 0.2) is 0 Å². The van der Waals surface area contributed by atoms with E-state index in [1.165, 1.54) is 32.1 Å². The molecule has 1 aliphatic carbocycles. The lowest BCUT2D eigenvalue weighted by molar-refractivity contribution is -0.134. The van der Waals surface area contributed by atoms with Crippen LogP contribution in [0.1, 0.15) is 57.8 Å². The molecule has 3 aliphatic rings. The molecule has 27 heavy (non-hydrogen) atoms. The highest BCUT2D eigenvalue weighted by molar-refractivity contribution is 5.88. The van der Waals surface area contributed by atoms with Crippen molar-refractivity contribution in [2.45, 2.75) is 63.8 Å². The maximum Gasteiger partial charge on any atom is 0.237 e. The summed E-state index contributed by atoms with van der Waals surface area (Å²) < 4.78 is 0. The van der Waals surface area contributed by atoms with E-state index >= 15 is 0 Å². The Hall–Kier alpha value is -1.63. The Morgan fingerprint density at radius 3 is 2.67 bits per heavy atom. The quantitative estimate of drug-likeness (QED) is 0.689. The van der Waals surface area contributed by atoms with Crippen molar-refractivity contribution in [1.82, 2.24) is 20.4 Å². The Morgan fingerprint density at radius 1 is 1.07 bits per heavy atom. The molecule has 2 heterocycles. The number of carbonyl (C=O) groups is 3. The molecule has 2 saturated heterocycles. The lowest BCUT2D eigenvalue weighted by Gasteiger charge is -2.37. The van der Waals surface area contributed by atoms with Gasteiger partial charge in [0.25, 0.3) is 0 Å². The molecule has 0 aromatic carbocycles. The summed E-state index contributed by atoms with van der Waals surface area (Å²) in [7, 11) is 0. The SMILES string of the molecule is O=C(CC1C(=O)NCCN1CC1CCCCC1)NCCN1CCCCC1=O. The van der Waals surface area contributed by atoms with Gasteiger partial charge >= 0.3 is 0 Å². The molecule has 0 radical (unpaired) electrons. The summed E-state index contributed by atoms with van der Waals surface area (Å²) >= 11 is 0. The molecule has 7 nitrogen and oxygen atoms in total. The average molecular weight is 379 g/mol. The van der Waals surface area contributed by atoms with Crippen molar-refractivity contribution >= 4 is 17.7 Å². The van der Waals surface area contributed by atoms with Crippen LogP contribution in [-0.4, -0.2) is 72.8 Å². The topological polar surface area (TPSA) is 81.8 Å². The van der Waals surface area contributed by atoms with Crippen molar-refractivity contribution in [2.24, 2.45) is 5.92 Å². The van der Waals surface area contributed by atoms with Crippen LogP contribution < -0.4 is 10.6 Å². The van der Waals surface area contributed by atoms with E-state index in [0.717, 1.165) is 32.5 Å². The third-order valence-corrected chi connectivity index (χ3v) is 6.16. The summed E-state index contributed by atoms with van der Waals surface area (Å²) in [6.07, 6.45) is 9.19. The number of amides is 3. The van der Waals surface area contributed by atoms with Gasteiger partial charge in [-0.15, -0.1) is 0 Å². The number of piperazine rings is 1. The van der Waals surface area contributed by atoms with Crippen LogP contribution in [-0.2, 0) is 14.4 Å². The van der Waals surface area contributed by atoms with Gasteiger partial charge < -0.3 is 15.5 Å². The van der Waals surface area contributed by atoms with Gasteiger partial charge in [-0.3, -0.25) is 19.3 Å². The number of nitrogens with one attached hydrogen (secondary N) is 2. The molecule has 0 aromatic heterocycles. The zero-order chi connectivity index (χ0) is 19.1. The van der Waals surface area contributed by atoms with Gasteiger partial charge in [0.1, 0.15) is 0 Å². The van der Waals surface area contributed by atoms with Crippen LogP contribution in [0.3, 0.4) is 0 Å².